The molecule has 0 unspecified atom stereocenters. The molecule has 1 heterocycles. The van der Waals surface area contributed by atoms with Crippen LogP contribution in [-0.2, 0) is 4.79 Å². The SMILES string of the molecule is Cc1ccnc(Cl)c1NC=O. The zero-order chi connectivity index (χ0) is 8.27. The lowest BCUT2D eigenvalue weighted by molar-refractivity contribution is -0.105. The van der Waals surface area contributed by atoms with Gasteiger partial charge in [0.05, 0.1) is 5.69 Å². The monoisotopic (exact) mass is 170 g/mol. The lowest BCUT2D eigenvalue weighted by Crippen LogP contribution is -1.98. The molecule has 0 aliphatic rings. The lowest BCUT2D eigenvalue weighted by atomic mass is 10.2. The third kappa shape index (κ3) is 1.68. The summed E-state index contributed by atoms with van der Waals surface area (Å²) in [6.07, 6.45) is 2.17. The first-order valence-electron chi connectivity index (χ1n) is 3.07. The van der Waals surface area contributed by atoms with Gasteiger partial charge in [-0.3, -0.25) is 4.79 Å². The van der Waals surface area contributed by atoms with Crippen molar-refractivity contribution in [2.75, 3.05) is 5.32 Å². The Labute approximate surface area is 69.4 Å². The minimum absolute atomic E-state index is 0.317. The van der Waals surface area contributed by atoms with Gasteiger partial charge in [-0.2, -0.15) is 0 Å². The van der Waals surface area contributed by atoms with E-state index in [1.165, 1.54) is 0 Å². The van der Waals surface area contributed by atoms with Crippen LogP contribution in [0, 0.1) is 6.92 Å². The van der Waals surface area contributed by atoms with Gasteiger partial charge in [-0.25, -0.2) is 4.98 Å². The number of anilines is 1. The van der Waals surface area contributed by atoms with Crippen LogP contribution in [0.2, 0.25) is 5.15 Å². The zero-order valence-corrected chi connectivity index (χ0v) is 6.72. The molecule has 0 aliphatic heterocycles. The number of halogens is 1. The number of hydrogen-bond donors (Lipinski definition) is 1. The maximum atomic E-state index is 10.1. The van der Waals surface area contributed by atoms with E-state index < -0.39 is 0 Å². The summed E-state index contributed by atoms with van der Waals surface area (Å²) >= 11 is 5.68. The molecule has 0 atom stereocenters. The van der Waals surface area contributed by atoms with E-state index in [0.29, 0.717) is 17.3 Å². The van der Waals surface area contributed by atoms with Crippen LogP contribution in [0.5, 0.6) is 0 Å². The van der Waals surface area contributed by atoms with Crippen molar-refractivity contribution >= 4 is 23.7 Å². The van der Waals surface area contributed by atoms with E-state index in [9.17, 15) is 4.79 Å². The Kier molecular flexibility index (Phi) is 2.44. The van der Waals surface area contributed by atoms with Gasteiger partial charge in [-0.1, -0.05) is 11.6 Å². The predicted octanol–water partition coefficient (Wildman–Crippen LogP) is 1.61. The summed E-state index contributed by atoms with van der Waals surface area (Å²) in [6.45, 7) is 1.85. The van der Waals surface area contributed by atoms with E-state index >= 15 is 0 Å². The smallest absolute Gasteiger partial charge is 0.211 e. The molecule has 4 heteroatoms. The topological polar surface area (TPSA) is 42.0 Å². The van der Waals surface area contributed by atoms with Gasteiger partial charge in [-0.15, -0.1) is 0 Å². The van der Waals surface area contributed by atoms with Crippen molar-refractivity contribution in [2.24, 2.45) is 0 Å². The standard InChI is InChI=1S/C7H7ClN2O/c1-5-2-3-9-7(8)6(5)10-4-11/h2-4H,1H3,(H,10,11). The van der Waals surface area contributed by atoms with Crippen LogP contribution < -0.4 is 5.32 Å². The number of amides is 1. The highest BCUT2D eigenvalue weighted by Crippen LogP contribution is 2.21. The number of aryl methyl sites for hydroxylation is 1. The van der Waals surface area contributed by atoms with Crippen LogP contribution >= 0.6 is 11.6 Å². The molecule has 58 valence electrons. The average Bonchev–Trinajstić information content (AvgIpc) is 1.97. The van der Waals surface area contributed by atoms with Gasteiger partial charge in [0.2, 0.25) is 6.41 Å². The van der Waals surface area contributed by atoms with E-state index in [1.54, 1.807) is 12.3 Å². The van der Waals surface area contributed by atoms with Gasteiger partial charge in [-0.05, 0) is 18.6 Å². The number of rotatable bonds is 2. The highest BCUT2D eigenvalue weighted by atomic mass is 35.5. The van der Waals surface area contributed by atoms with Crippen LogP contribution in [0.25, 0.3) is 0 Å². The number of nitrogens with zero attached hydrogens (tertiary/aromatic N) is 1. The van der Waals surface area contributed by atoms with Crippen molar-refractivity contribution in [1.29, 1.82) is 0 Å². The highest BCUT2D eigenvalue weighted by molar-refractivity contribution is 6.32. The van der Waals surface area contributed by atoms with E-state index in [4.69, 9.17) is 11.6 Å². The van der Waals surface area contributed by atoms with E-state index in [1.807, 2.05) is 6.92 Å². The van der Waals surface area contributed by atoms with Crippen LogP contribution in [-0.4, -0.2) is 11.4 Å². The second-order valence-corrected chi connectivity index (χ2v) is 2.41. The van der Waals surface area contributed by atoms with Gasteiger partial charge in [0, 0.05) is 6.20 Å². The minimum Gasteiger partial charge on any atom is -0.326 e. The quantitative estimate of drug-likeness (QED) is 0.541. The van der Waals surface area contributed by atoms with Gasteiger partial charge >= 0.3 is 0 Å². The Hall–Kier alpha value is -1.09. The predicted molar refractivity (Wildman–Crippen MR) is 43.7 cm³/mol. The minimum atomic E-state index is 0.317. The highest BCUT2D eigenvalue weighted by Gasteiger charge is 2.01. The van der Waals surface area contributed by atoms with E-state index in [-0.39, 0.29) is 0 Å². The molecule has 0 spiro atoms. The van der Waals surface area contributed by atoms with Crippen molar-refractivity contribution in [3.8, 4) is 0 Å². The molecule has 1 N–H and O–H groups in total. The number of carbonyl (C=O) groups excluding carboxylic acids is 1. The molecule has 0 fully saturated rings. The van der Waals surface area contributed by atoms with Crippen molar-refractivity contribution in [2.45, 2.75) is 6.92 Å². The third-order valence-corrected chi connectivity index (χ3v) is 1.60. The number of aromatic nitrogens is 1. The second kappa shape index (κ2) is 3.34. The molecule has 1 amide bonds. The largest absolute Gasteiger partial charge is 0.326 e. The Morgan fingerprint density at radius 1 is 1.73 bits per heavy atom. The second-order valence-electron chi connectivity index (χ2n) is 2.06. The molecule has 0 saturated carbocycles. The first-order valence-corrected chi connectivity index (χ1v) is 3.45. The summed E-state index contributed by atoms with van der Waals surface area (Å²) < 4.78 is 0. The third-order valence-electron chi connectivity index (χ3n) is 1.32. The zero-order valence-electron chi connectivity index (χ0n) is 5.97. The molecule has 3 nitrogen and oxygen atoms in total. The fourth-order valence-corrected chi connectivity index (χ4v) is 1.02. The van der Waals surface area contributed by atoms with Crippen molar-refractivity contribution in [3.05, 3.63) is 23.0 Å². The first kappa shape index (κ1) is 8.01. The normalized spacial score (nSPS) is 9.27. The molecular formula is C7H7ClN2O. The van der Waals surface area contributed by atoms with Crippen molar-refractivity contribution < 1.29 is 4.79 Å². The van der Waals surface area contributed by atoms with Crippen LogP contribution in [0.4, 0.5) is 5.69 Å². The molecule has 11 heavy (non-hydrogen) atoms. The molecule has 0 aliphatic carbocycles. The number of pyridine rings is 1. The fraction of sp³-hybridized carbons (Fsp3) is 0.143. The maximum Gasteiger partial charge on any atom is 0.211 e. The molecule has 0 aromatic carbocycles. The summed E-state index contributed by atoms with van der Waals surface area (Å²) in [5.41, 5.74) is 1.47. The Balaban J connectivity index is 3.09. The summed E-state index contributed by atoms with van der Waals surface area (Å²) in [4.78, 5) is 13.9. The first-order chi connectivity index (χ1) is 5.25. The Bertz CT molecular complexity index is 255. The summed E-state index contributed by atoms with van der Waals surface area (Å²) in [6, 6.07) is 1.78. The number of carbonyl (C=O) groups is 1. The fourth-order valence-electron chi connectivity index (χ4n) is 0.757. The summed E-state index contributed by atoms with van der Waals surface area (Å²) in [5, 5.41) is 2.79. The van der Waals surface area contributed by atoms with Crippen LogP contribution in [0.1, 0.15) is 5.56 Å². The molecule has 1 aromatic heterocycles. The number of nitrogens with one attached hydrogen (secondary N) is 1. The van der Waals surface area contributed by atoms with Gasteiger partial charge in [0.1, 0.15) is 0 Å². The average molecular weight is 171 g/mol. The van der Waals surface area contributed by atoms with E-state index in [2.05, 4.69) is 10.3 Å². The number of hydrogen-bond acceptors (Lipinski definition) is 2. The van der Waals surface area contributed by atoms with Crippen molar-refractivity contribution in [1.82, 2.24) is 4.98 Å². The van der Waals surface area contributed by atoms with Crippen molar-refractivity contribution in [3.63, 3.8) is 0 Å². The molecule has 0 saturated heterocycles. The van der Waals surface area contributed by atoms with Crippen LogP contribution in [0.3, 0.4) is 0 Å². The molecule has 0 bridgehead atoms. The lowest BCUT2D eigenvalue weighted by Gasteiger charge is -2.03. The molecule has 1 rings (SSSR count). The Morgan fingerprint density at radius 2 is 2.45 bits per heavy atom. The van der Waals surface area contributed by atoms with Gasteiger partial charge in [0.25, 0.3) is 0 Å². The van der Waals surface area contributed by atoms with Gasteiger partial charge < -0.3 is 5.32 Å². The maximum absolute atomic E-state index is 10.1. The van der Waals surface area contributed by atoms with Crippen LogP contribution in [0.15, 0.2) is 12.3 Å². The molecular weight excluding hydrogens is 164 g/mol. The molecule has 1 aromatic rings. The molecule has 0 radical (unpaired) electrons. The van der Waals surface area contributed by atoms with E-state index in [0.717, 1.165) is 5.56 Å². The summed E-state index contributed by atoms with van der Waals surface area (Å²) in [7, 11) is 0. The Morgan fingerprint density at radius 3 is 3.00 bits per heavy atom. The van der Waals surface area contributed by atoms with Gasteiger partial charge in [0.15, 0.2) is 5.15 Å². The summed E-state index contributed by atoms with van der Waals surface area (Å²) in [5.74, 6) is 0.